The minimum absolute atomic E-state index is 0.0133. The molecular weight excluding hydrogens is 418 g/mol. The van der Waals surface area contributed by atoms with E-state index in [1.165, 1.54) is 0 Å². The lowest BCUT2D eigenvalue weighted by Gasteiger charge is -2.29. The van der Waals surface area contributed by atoms with Crippen LogP contribution >= 0.6 is 15.9 Å². The van der Waals surface area contributed by atoms with Crippen molar-refractivity contribution in [1.29, 1.82) is 0 Å². The van der Waals surface area contributed by atoms with Crippen LogP contribution in [0.5, 0.6) is 0 Å². The van der Waals surface area contributed by atoms with Gasteiger partial charge in [-0.25, -0.2) is 0 Å². The molecule has 3 aliphatic carbocycles. The van der Waals surface area contributed by atoms with E-state index >= 15 is 0 Å². The molecule has 3 aliphatic rings. The fourth-order valence-corrected chi connectivity index (χ4v) is 5.25. The molecular formula is C22H28BrN3O2. The molecule has 150 valence electrons. The number of hydrogen-bond acceptors (Lipinski definition) is 3. The Morgan fingerprint density at radius 1 is 1.11 bits per heavy atom. The summed E-state index contributed by atoms with van der Waals surface area (Å²) in [7, 11) is 0. The fourth-order valence-electron chi connectivity index (χ4n) is 4.98. The van der Waals surface area contributed by atoms with Crippen molar-refractivity contribution in [3.8, 4) is 0 Å². The molecule has 0 radical (unpaired) electrons. The van der Waals surface area contributed by atoms with Crippen molar-refractivity contribution in [2.75, 3.05) is 18.4 Å². The Hall–Kier alpha value is -1.66. The van der Waals surface area contributed by atoms with Gasteiger partial charge in [0.15, 0.2) is 0 Å². The van der Waals surface area contributed by atoms with Gasteiger partial charge in [-0.15, -0.1) is 0 Å². The van der Waals surface area contributed by atoms with Crippen molar-refractivity contribution in [3.05, 3.63) is 40.9 Å². The van der Waals surface area contributed by atoms with Crippen LogP contribution in [0.4, 0.5) is 5.69 Å². The first kappa shape index (κ1) is 19.6. The lowest BCUT2D eigenvalue weighted by Crippen LogP contribution is -2.45. The van der Waals surface area contributed by atoms with E-state index in [0.29, 0.717) is 13.1 Å². The number of anilines is 1. The Morgan fingerprint density at radius 2 is 1.68 bits per heavy atom. The maximum absolute atomic E-state index is 13.2. The first-order valence-corrected chi connectivity index (χ1v) is 10.8. The first-order valence-electron chi connectivity index (χ1n) is 10.00. The van der Waals surface area contributed by atoms with E-state index in [1.807, 2.05) is 38.1 Å². The molecule has 0 unspecified atom stereocenters. The highest BCUT2D eigenvalue weighted by atomic mass is 79.9. The summed E-state index contributed by atoms with van der Waals surface area (Å²) in [6.45, 7) is 5.09. The zero-order valence-corrected chi connectivity index (χ0v) is 18.0. The van der Waals surface area contributed by atoms with Gasteiger partial charge in [0.2, 0.25) is 11.8 Å². The number of benzene rings is 1. The average molecular weight is 446 g/mol. The second kappa shape index (κ2) is 6.99. The summed E-state index contributed by atoms with van der Waals surface area (Å²) in [6, 6.07) is 7.54. The van der Waals surface area contributed by atoms with Gasteiger partial charge >= 0.3 is 0 Å². The predicted molar refractivity (Wildman–Crippen MR) is 113 cm³/mol. The predicted octanol–water partition coefficient (Wildman–Crippen LogP) is 3.32. The summed E-state index contributed by atoms with van der Waals surface area (Å²) in [4.78, 5) is 26.4. The minimum Gasteiger partial charge on any atom is -0.355 e. The molecule has 4 rings (SSSR count). The van der Waals surface area contributed by atoms with Crippen molar-refractivity contribution in [2.45, 2.75) is 26.7 Å². The van der Waals surface area contributed by atoms with E-state index in [4.69, 9.17) is 5.73 Å². The van der Waals surface area contributed by atoms with Crippen LogP contribution in [0.1, 0.15) is 26.7 Å². The Bertz CT molecular complexity index is 814. The van der Waals surface area contributed by atoms with Crippen molar-refractivity contribution in [2.24, 2.45) is 40.2 Å². The molecule has 0 saturated heterocycles. The van der Waals surface area contributed by atoms with Gasteiger partial charge in [0.25, 0.3) is 0 Å². The molecule has 0 aliphatic heterocycles. The van der Waals surface area contributed by atoms with Crippen LogP contribution in [-0.4, -0.2) is 24.9 Å². The maximum atomic E-state index is 13.2. The molecule has 5 nitrogen and oxygen atoms in total. The summed E-state index contributed by atoms with van der Waals surface area (Å²) in [5.74, 6) is -0.363. The highest BCUT2D eigenvalue weighted by molar-refractivity contribution is 9.10. The van der Waals surface area contributed by atoms with Crippen LogP contribution in [0.3, 0.4) is 0 Å². The van der Waals surface area contributed by atoms with Crippen LogP contribution in [0.15, 0.2) is 40.9 Å². The van der Waals surface area contributed by atoms with Gasteiger partial charge in [-0.2, -0.15) is 0 Å². The van der Waals surface area contributed by atoms with Gasteiger partial charge in [0.05, 0.1) is 11.8 Å². The highest BCUT2D eigenvalue weighted by Gasteiger charge is 2.69. The maximum Gasteiger partial charge on any atom is 0.228 e. The molecule has 0 heterocycles. The van der Waals surface area contributed by atoms with Crippen molar-refractivity contribution in [3.63, 3.8) is 0 Å². The van der Waals surface area contributed by atoms with Gasteiger partial charge in [-0.05, 0) is 66.3 Å². The Balaban J connectivity index is 1.53. The Kier molecular flexibility index (Phi) is 4.91. The number of halogens is 1. The third kappa shape index (κ3) is 3.30. The third-order valence-electron chi connectivity index (χ3n) is 6.85. The summed E-state index contributed by atoms with van der Waals surface area (Å²) < 4.78 is 0.963. The molecule has 6 heteroatoms. The lowest BCUT2D eigenvalue weighted by atomic mass is 9.81. The van der Waals surface area contributed by atoms with Crippen LogP contribution in [0.25, 0.3) is 0 Å². The average Bonchev–Trinajstić information content (AvgIpc) is 3.34. The van der Waals surface area contributed by atoms with E-state index < -0.39 is 0 Å². The topological polar surface area (TPSA) is 84.2 Å². The van der Waals surface area contributed by atoms with E-state index in [1.54, 1.807) is 0 Å². The quantitative estimate of drug-likeness (QED) is 0.587. The molecule has 4 N–H and O–H groups in total. The van der Waals surface area contributed by atoms with E-state index in [-0.39, 0.29) is 46.3 Å². The molecule has 1 aromatic carbocycles. The van der Waals surface area contributed by atoms with Gasteiger partial charge in [0, 0.05) is 16.7 Å². The normalized spacial score (nSPS) is 29.1. The standard InChI is InChI=1S/C22H28BrN3O2/c1-21(2,11-24)12-25-19(27)17-15-7-8-16(22(15)9-10-22)18(17)20(28)26-14-5-3-13(23)4-6-14/h3-8,15-18H,9-12,24H2,1-2H3,(H,25,27)(H,26,28)/t15-,16-,17-,18-/m1/s1. The van der Waals surface area contributed by atoms with Gasteiger partial charge in [-0.3, -0.25) is 9.59 Å². The molecule has 2 amide bonds. The van der Waals surface area contributed by atoms with E-state index in [2.05, 4.69) is 38.7 Å². The summed E-state index contributed by atoms with van der Waals surface area (Å²) >= 11 is 3.41. The molecule has 2 saturated carbocycles. The molecule has 1 spiro atoms. The van der Waals surface area contributed by atoms with Crippen molar-refractivity contribution < 1.29 is 9.59 Å². The number of hydrogen-bond donors (Lipinski definition) is 3. The number of allylic oxidation sites excluding steroid dienone is 2. The SMILES string of the molecule is CC(C)(CN)CNC(=O)[C@H]1[C@H](C(=O)Nc2ccc(Br)cc2)[C@H]2C=C[C@H]1C21CC1. The summed E-state index contributed by atoms with van der Waals surface area (Å²) in [5, 5.41) is 6.12. The number of amides is 2. The zero-order chi connectivity index (χ0) is 20.1. The van der Waals surface area contributed by atoms with Crippen LogP contribution in [-0.2, 0) is 9.59 Å². The second-order valence-corrected chi connectivity index (χ2v) is 10.2. The fraction of sp³-hybridized carbons (Fsp3) is 0.545. The number of carbonyl (C=O) groups excluding carboxylic acids is 2. The Labute approximate surface area is 174 Å². The molecule has 28 heavy (non-hydrogen) atoms. The second-order valence-electron chi connectivity index (χ2n) is 9.30. The summed E-state index contributed by atoms with van der Waals surface area (Å²) in [5.41, 5.74) is 6.53. The van der Waals surface area contributed by atoms with Crippen LogP contribution < -0.4 is 16.4 Å². The lowest BCUT2D eigenvalue weighted by molar-refractivity contribution is -0.133. The zero-order valence-electron chi connectivity index (χ0n) is 16.4. The number of nitrogens with two attached hydrogens (primary N) is 1. The minimum atomic E-state index is -0.317. The summed E-state index contributed by atoms with van der Waals surface area (Å²) in [6.07, 6.45) is 6.57. The van der Waals surface area contributed by atoms with E-state index in [9.17, 15) is 9.59 Å². The largest absolute Gasteiger partial charge is 0.355 e. The molecule has 2 fully saturated rings. The molecule has 4 atom stereocenters. The number of rotatable bonds is 6. The smallest absolute Gasteiger partial charge is 0.228 e. The third-order valence-corrected chi connectivity index (χ3v) is 7.38. The van der Waals surface area contributed by atoms with Gasteiger partial charge in [-0.1, -0.05) is 41.9 Å². The van der Waals surface area contributed by atoms with Crippen LogP contribution in [0, 0.1) is 34.5 Å². The highest BCUT2D eigenvalue weighted by Crippen LogP contribution is 2.72. The molecule has 2 bridgehead atoms. The first-order chi connectivity index (χ1) is 13.3. The van der Waals surface area contributed by atoms with Gasteiger partial charge < -0.3 is 16.4 Å². The molecule has 0 aromatic heterocycles. The molecule has 1 aromatic rings. The van der Waals surface area contributed by atoms with Crippen molar-refractivity contribution in [1.82, 2.24) is 5.32 Å². The number of carbonyl (C=O) groups is 2. The Morgan fingerprint density at radius 3 is 2.21 bits per heavy atom. The van der Waals surface area contributed by atoms with E-state index in [0.717, 1.165) is 23.0 Å². The number of nitrogens with one attached hydrogen (secondary N) is 2. The van der Waals surface area contributed by atoms with Crippen LogP contribution in [0.2, 0.25) is 0 Å². The van der Waals surface area contributed by atoms with Gasteiger partial charge in [0.1, 0.15) is 0 Å². The monoisotopic (exact) mass is 445 g/mol. The van der Waals surface area contributed by atoms with Crippen molar-refractivity contribution >= 4 is 33.4 Å².